The first-order valence-electron chi connectivity index (χ1n) is 11.1. The first-order valence-corrected chi connectivity index (χ1v) is 11.1. The van der Waals surface area contributed by atoms with E-state index in [9.17, 15) is 9.90 Å². The van der Waals surface area contributed by atoms with Crippen molar-refractivity contribution in [3.8, 4) is 0 Å². The van der Waals surface area contributed by atoms with Gasteiger partial charge >= 0.3 is 5.97 Å². The molecule has 1 heterocycles. The fourth-order valence-electron chi connectivity index (χ4n) is 5.97. The molecule has 0 bridgehead atoms. The monoisotopic (exact) mass is 397 g/mol. The van der Waals surface area contributed by atoms with Crippen LogP contribution in [0.3, 0.4) is 0 Å². The highest BCUT2D eigenvalue weighted by Crippen LogP contribution is 2.55. The molecule has 2 aliphatic carbocycles. The molecule has 4 rings (SSSR count). The van der Waals surface area contributed by atoms with Gasteiger partial charge < -0.3 is 9.84 Å². The Morgan fingerprint density at radius 2 is 2.03 bits per heavy atom. The Morgan fingerprint density at radius 3 is 2.76 bits per heavy atom. The summed E-state index contributed by atoms with van der Waals surface area (Å²) in [6.07, 6.45) is 5.10. The van der Waals surface area contributed by atoms with Crippen LogP contribution < -0.4 is 0 Å². The molecule has 29 heavy (non-hydrogen) atoms. The number of likely N-dealkylation sites (N-methyl/N-ethyl adjacent to an activating group) is 1. The molecule has 0 aromatic heterocycles. The van der Waals surface area contributed by atoms with E-state index in [0.29, 0.717) is 6.54 Å². The normalized spacial score (nSPS) is 33.9. The molecule has 0 spiro atoms. The fraction of sp³-hybridized carbons (Fsp3) is 0.640. The zero-order chi connectivity index (χ0) is 20.8. The molecule has 158 valence electrons. The van der Waals surface area contributed by atoms with Gasteiger partial charge in [0, 0.05) is 18.5 Å². The SMILES string of the molecule is CC1=C2C[C@H]3[C@H](CN(C)[C@@H](C)[C@@H](O)c4ccccc4)C(=O)O[C@@H]3C[C@@]2(C)CCC1. The third-order valence-corrected chi connectivity index (χ3v) is 7.96. The van der Waals surface area contributed by atoms with Crippen molar-refractivity contribution in [3.05, 3.63) is 47.0 Å². The molecule has 0 amide bonds. The van der Waals surface area contributed by atoms with Crippen molar-refractivity contribution in [2.24, 2.45) is 17.3 Å². The van der Waals surface area contributed by atoms with E-state index in [1.54, 1.807) is 5.57 Å². The van der Waals surface area contributed by atoms with E-state index in [1.807, 2.05) is 44.3 Å². The van der Waals surface area contributed by atoms with Crippen LogP contribution >= 0.6 is 0 Å². The van der Waals surface area contributed by atoms with E-state index in [0.717, 1.165) is 18.4 Å². The maximum absolute atomic E-state index is 12.8. The standard InChI is InChI=1S/C25H35NO3/c1-16-9-8-12-25(3)14-22-19(13-21(16)25)20(24(28)29-22)15-26(4)17(2)23(27)18-10-6-5-7-11-18/h5-7,10-11,17,19-20,22-23,27H,8-9,12-15H2,1-4H3/t17-,19-,20-,22+,23+,25+/m0/s1. The van der Waals surface area contributed by atoms with Crippen LogP contribution in [0.15, 0.2) is 41.5 Å². The van der Waals surface area contributed by atoms with Gasteiger partial charge in [0.15, 0.2) is 0 Å². The number of nitrogens with zero attached hydrogens (tertiary/aromatic N) is 1. The highest BCUT2D eigenvalue weighted by atomic mass is 16.6. The zero-order valence-electron chi connectivity index (χ0n) is 18.2. The minimum atomic E-state index is -0.577. The van der Waals surface area contributed by atoms with Gasteiger partial charge in [-0.15, -0.1) is 0 Å². The molecule has 1 N–H and O–H groups in total. The number of hydrogen-bond acceptors (Lipinski definition) is 4. The number of benzene rings is 1. The number of aliphatic hydroxyl groups excluding tert-OH is 1. The highest BCUT2D eigenvalue weighted by molar-refractivity contribution is 5.76. The third kappa shape index (κ3) is 3.77. The number of aliphatic hydroxyl groups is 1. The van der Waals surface area contributed by atoms with Gasteiger partial charge in [-0.3, -0.25) is 9.69 Å². The van der Waals surface area contributed by atoms with Crippen molar-refractivity contribution in [1.82, 2.24) is 4.90 Å². The fourth-order valence-corrected chi connectivity index (χ4v) is 5.97. The number of hydrogen-bond donors (Lipinski definition) is 1. The van der Waals surface area contributed by atoms with Crippen molar-refractivity contribution in [2.75, 3.05) is 13.6 Å². The van der Waals surface area contributed by atoms with Gasteiger partial charge in [-0.2, -0.15) is 0 Å². The second kappa shape index (κ2) is 7.88. The van der Waals surface area contributed by atoms with Gasteiger partial charge in [0.2, 0.25) is 0 Å². The molecule has 1 aromatic carbocycles. The van der Waals surface area contributed by atoms with E-state index in [1.165, 1.54) is 24.8 Å². The molecule has 3 aliphatic rings. The summed E-state index contributed by atoms with van der Waals surface area (Å²) >= 11 is 0. The number of fused-ring (bicyclic) bond motifs is 2. The Balaban J connectivity index is 1.48. The van der Waals surface area contributed by atoms with Crippen molar-refractivity contribution in [2.45, 2.75) is 71.1 Å². The predicted molar refractivity (Wildman–Crippen MR) is 114 cm³/mol. The molecule has 6 atom stereocenters. The Hall–Kier alpha value is -1.65. The van der Waals surface area contributed by atoms with Crippen molar-refractivity contribution >= 4 is 5.97 Å². The number of allylic oxidation sites excluding steroid dienone is 2. The lowest BCUT2D eigenvalue weighted by molar-refractivity contribution is -0.145. The second-order valence-electron chi connectivity index (χ2n) is 9.86. The van der Waals surface area contributed by atoms with E-state index < -0.39 is 6.10 Å². The summed E-state index contributed by atoms with van der Waals surface area (Å²) in [5.41, 5.74) is 4.25. The Labute approximate surface area is 174 Å². The number of carbonyl (C=O) groups is 1. The minimum absolute atomic E-state index is 0.0475. The lowest BCUT2D eigenvalue weighted by atomic mass is 9.59. The van der Waals surface area contributed by atoms with Gasteiger partial charge in [-0.25, -0.2) is 0 Å². The Bertz CT molecular complexity index is 789. The Morgan fingerprint density at radius 1 is 1.31 bits per heavy atom. The molecule has 1 aliphatic heterocycles. The maximum atomic E-state index is 12.8. The van der Waals surface area contributed by atoms with Crippen LogP contribution in [0.25, 0.3) is 0 Å². The average Bonchev–Trinajstić information content (AvgIpc) is 2.99. The summed E-state index contributed by atoms with van der Waals surface area (Å²) in [5.74, 6) is 0.109. The minimum Gasteiger partial charge on any atom is -0.462 e. The molecule has 0 unspecified atom stereocenters. The molecule has 4 heteroatoms. The van der Waals surface area contributed by atoms with Gasteiger partial charge in [0.25, 0.3) is 0 Å². The van der Waals surface area contributed by atoms with Crippen LogP contribution in [0.5, 0.6) is 0 Å². The molecule has 0 radical (unpaired) electrons. The van der Waals surface area contributed by atoms with Gasteiger partial charge in [0.05, 0.1) is 12.0 Å². The molecule has 2 fully saturated rings. The number of esters is 1. The first-order chi connectivity index (χ1) is 13.8. The number of rotatable bonds is 5. The molecule has 1 aromatic rings. The van der Waals surface area contributed by atoms with Gasteiger partial charge in [-0.05, 0) is 64.0 Å². The van der Waals surface area contributed by atoms with Crippen molar-refractivity contribution in [3.63, 3.8) is 0 Å². The third-order valence-electron chi connectivity index (χ3n) is 7.96. The average molecular weight is 398 g/mol. The second-order valence-corrected chi connectivity index (χ2v) is 9.86. The summed E-state index contributed by atoms with van der Waals surface area (Å²) in [7, 11) is 2.01. The van der Waals surface area contributed by atoms with Crippen LogP contribution in [0, 0.1) is 17.3 Å². The molecule has 1 saturated heterocycles. The van der Waals surface area contributed by atoms with Crippen LogP contribution in [-0.2, 0) is 9.53 Å². The lowest BCUT2D eigenvalue weighted by Crippen LogP contribution is -2.43. The zero-order valence-corrected chi connectivity index (χ0v) is 18.2. The van der Waals surface area contributed by atoms with Gasteiger partial charge in [-0.1, -0.05) is 48.4 Å². The maximum Gasteiger partial charge on any atom is 0.310 e. The van der Waals surface area contributed by atoms with E-state index in [4.69, 9.17) is 4.74 Å². The van der Waals surface area contributed by atoms with E-state index in [2.05, 4.69) is 18.7 Å². The molecular weight excluding hydrogens is 362 g/mol. The highest BCUT2D eigenvalue weighted by Gasteiger charge is 2.53. The number of carbonyl (C=O) groups excluding carboxylic acids is 1. The quantitative estimate of drug-likeness (QED) is 0.587. The van der Waals surface area contributed by atoms with Crippen LogP contribution in [-0.4, -0.2) is 41.7 Å². The van der Waals surface area contributed by atoms with E-state index >= 15 is 0 Å². The van der Waals surface area contributed by atoms with Crippen LogP contribution in [0.4, 0.5) is 0 Å². The molecular formula is C25H35NO3. The van der Waals surface area contributed by atoms with Crippen molar-refractivity contribution in [1.29, 1.82) is 0 Å². The van der Waals surface area contributed by atoms with Crippen LogP contribution in [0.2, 0.25) is 0 Å². The number of ether oxygens (including phenoxy) is 1. The van der Waals surface area contributed by atoms with Gasteiger partial charge in [0.1, 0.15) is 6.10 Å². The summed E-state index contributed by atoms with van der Waals surface area (Å²) in [4.78, 5) is 14.9. The summed E-state index contributed by atoms with van der Waals surface area (Å²) < 4.78 is 5.90. The summed E-state index contributed by atoms with van der Waals surface area (Å²) in [6.45, 7) is 7.31. The smallest absolute Gasteiger partial charge is 0.310 e. The topological polar surface area (TPSA) is 49.8 Å². The predicted octanol–water partition coefficient (Wildman–Crippen LogP) is 4.50. The first kappa shape index (κ1) is 20.6. The summed E-state index contributed by atoms with van der Waals surface area (Å²) in [6, 6.07) is 9.68. The molecule has 1 saturated carbocycles. The molecule has 4 nitrogen and oxygen atoms in total. The van der Waals surface area contributed by atoms with Crippen LogP contribution in [0.1, 0.15) is 64.5 Å². The largest absolute Gasteiger partial charge is 0.462 e. The summed E-state index contributed by atoms with van der Waals surface area (Å²) in [5, 5.41) is 10.8. The lowest BCUT2D eigenvalue weighted by Gasteiger charge is -2.46. The van der Waals surface area contributed by atoms with E-state index in [-0.39, 0.29) is 35.4 Å². The van der Waals surface area contributed by atoms with Crippen molar-refractivity contribution < 1.29 is 14.6 Å². The Kier molecular flexibility index (Phi) is 5.60.